The van der Waals surface area contributed by atoms with E-state index in [1.165, 1.54) is 19.4 Å². The van der Waals surface area contributed by atoms with Gasteiger partial charge in [0.25, 0.3) is 0 Å². The quantitative estimate of drug-likeness (QED) is 0.838. The van der Waals surface area contributed by atoms with Crippen molar-refractivity contribution >= 4 is 5.82 Å². The van der Waals surface area contributed by atoms with E-state index in [2.05, 4.69) is 33.7 Å². The Balaban J connectivity index is 2.05. The van der Waals surface area contributed by atoms with Crippen LogP contribution in [0.2, 0.25) is 0 Å². The summed E-state index contributed by atoms with van der Waals surface area (Å²) in [5.74, 6) is 0.919. The minimum absolute atomic E-state index is 0.440. The standard InChI is InChI=1S/C13H23N5/c1-3-18-8-4-5-11(18)10-17(2)13-12(9-14)15-6-7-16-13/h6-7,11H,3-5,8-10,14H2,1-2H3. The molecular weight excluding hydrogens is 226 g/mol. The minimum atomic E-state index is 0.440. The summed E-state index contributed by atoms with van der Waals surface area (Å²) in [5.41, 5.74) is 6.59. The Morgan fingerprint density at radius 3 is 2.94 bits per heavy atom. The highest BCUT2D eigenvalue weighted by Gasteiger charge is 2.25. The molecular formula is C13H23N5. The number of aromatic nitrogens is 2. The van der Waals surface area contributed by atoms with Crippen molar-refractivity contribution in [2.45, 2.75) is 32.4 Å². The van der Waals surface area contributed by atoms with Gasteiger partial charge in [-0.3, -0.25) is 9.88 Å². The molecule has 2 N–H and O–H groups in total. The first kappa shape index (κ1) is 13.2. The van der Waals surface area contributed by atoms with E-state index in [4.69, 9.17) is 5.73 Å². The van der Waals surface area contributed by atoms with Gasteiger partial charge < -0.3 is 10.6 Å². The Hall–Kier alpha value is -1.20. The Bertz CT molecular complexity index is 381. The Kier molecular flexibility index (Phi) is 4.49. The first-order chi connectivity index (χ1) is 8.76. The van der Waals surface area contributed by atoms with E-state index in [0.717, 1.165) is 24.6 Å². The maximum absolute atomic E-state index is 5.71. The molecule has 0 bridgehead atoms. The largest absolute Gasteiger partial charge is 0.357 e. The van der Waals surface area contributed by atoms with Gasteiger partial charge in [-0.1, -0.05) is 6.92 Å². The van der Waals surface area contributed by atoms with Gasteiger partial charge in [0.1, 0.15) is 0 Å². The molecule has 1 aromatic heterocycles. The van der Waals surface area contributed by atoms with Crippen molar-refractivity contribution in [3.63, 3.8) is 0 Å². The monoisotopic (exact) mass is 249 g/mol. The molecule has 0 spiro atoms. The average Bonchev–Trinajstić information content (AvgIpc) is 2.85. The Labute approximate surface area is 109 Å². The van der Waals surface area contributed by atoms with Crippen molar-refractivity contribution < 1.29 is 0 Å². The molecule has 5 heteroatoms. The van der Waals surface area contributed by atoms with E-state index >= 15 is 0 Å². The Morgan fingerprint density at radius 2 is 2.22 bits per heavy atom. The molecule has 0 radical (unpaired) electrons. The number of hydrogen-bond donors (Lipinski definition) is 1. The van der Waals surface area contributed by atoms with Gasteiger partial charge in [-0.25, -0.2) is 4.98 Å². The minimum Gasteiger partial charge on any atom is -0.357 e. The molecule has 0 saturated carbocycles. The molecule has 1 unspecified atom stereocenters. The number of nitrogens with two attached hydrogens (primary N) is 1. The predicted molar refractivity (Wildman–Crippen MR) is 73.5 cm³/mol. The van der Waals surface area contributed by atoms with Crippen LogP contribution in [-0.4, -0.2) is 47.6 Å². The van der Waals surface area contributed by atoms with Gasteiger partial charge in [-0.05, 0) is 25.9 Å². The first-order valence-electron chi connectivity index (χ1n) is 6.71. The van der Waals surface area contributed by atoms with Crippen molar-refractivity contribution in [3.8, 4) is 0 Å². The van der Waals surface area contributed by atoms with E-state index in [9.17, 15) is 0 Å². The fourth-order valence-electron chi connectivity index (χ4n) is 2.74. The number of likely N-dealkylation sites (tertiary alicyclic amines) is 1. The van der Waals surface area contributed by atoms with Crippen molar-refractivity contribution in [1.82, 2.24) is 14.9 Å². The molecule has 0 aliphatic carbocycles. The zero-order valence-electron chi connectivity index (χ0n) is 11.3. The van der Waals surface area contributed by atoms with Crippen LogP contribution in [0.1, 0.15) is 25.5 Å². The zero-order valence-corrected chi connectivity index (χ0v) is 11.3. The van der Waals surface area contributed by atoms with E-state index in [1.807, 2.05) is 0 Å². The lowest BCUT2D eigenvalue weighted by atomic mass is 10.2. The molecule has 1 aliphatic rings. The van der Waals surface area contributed by atoms with Gasteiger partial charge in [-0.15, -0.1) is 0 Å². The van der Waals surface area contributed by atoms with Crippen LogP contribution in [-0.2, 0) is 6.54 Å². The summed E-state index contributed by atoms with van der Waals surface area (Å²) in [6.45, 7) is 6.02. The highest BCUT2D eigenvalue weighted by atomic mass is 15.2. The van der Waals surface area contributed by atoms with E-state index < -0.39 is 0 Å². The fourth-order valence-corrected chi connectivity index (χ4v) is 2.74. The second-order valence-electron chi connectivity index (χ2n) is 4.84. The maximum atomic E-state index is 5.71. The third-order valence-corrected chi connectivity index (χ3v) is 3.70. The van der Waals surface area contributed by atoms with Crippen LogP contribution in [0, 0.1) is 0 Å². The van der Waals surface area contributed by atoms with Crippen LogP contribution in [0.15, 0.2) is 12.4 Å². The van der Waals surface area contributed by atoms with E-state index in [1.54, 1.807) is 12.4 Å². The molecule has 2 heterocycles. The number of nitrogens with zero attached hydrogens (tertiary/aromatic N) is 4. The van der Waals surface area contributed by atoms with Crippen molar-refractivity contribution in [1.29, 1.82) is 0 Å². The molecule has 18 heavy (non-hydrogen) atoms. The number of hydrogen-bond acceptors (Lipinski definition) is 5. The lowest BCUT2D eigenvalue weighted by molar-refractivity contribution is 0.270. The molecule has 2 rings (SSSR count). The van der Waals surface area contributed by atoms with E-state index in [0.29, 0.717) is 12.6 Å². The molecule has 0 amide bonds. The second kappa shape index (κ2) is 6.11. The van der Waals surface area contributed by atoms with Gasteiger partial charge >= 0.3 is 0 Å². The summed E-state index contributed by atoms with van der Waals surface area (Å²) >= 11 is 0. The molecule has 5 nitrogen and oxygen atoms in total. The topological polar surface area (TPSA) is 58.3 Å². The molecule has 100 valence electrons. The van der Waals surface area contributed by atoms with Gasteiger partial charge in [0.05, 0.1) is 5.69 Å². The summed E-state index contributed by atoms with van der Waals surface area (Å²) in [6, 6.07) is 0.632. The SMILES string of the molecule is CCN1CCCC1CN(C)c1nccnc1CN. The zero-order chi connectivity index (χ0) is 13.0. The molecule has 0 aromatic carbocycles. The van der Waals surface area contributed by atoms with Crippen LogP contribution >= 0.6 is 0 Å². The van der Waals surface area contributed by atoms with Crippen LogP contribution < -0.4 is 10.6 Å². The van der Waals surface area contributed by atoms with Crippen LogP contribution in [0.4, 0.5) is 5.82 Å². The summed E-state index contributed by atoms with van der Waals surface area (Å²) in [5, 5.41) is 0. The number of likely N-dealkylation sites (N-methyl/N-ethyl adjacent to an activating group) is 2. The molecule has 1 aromatic rings. The third kappa shape index (κ3) is 2.79. The van der Waals surface area contributed by atoms with Crippen LogP contribution in [0.25, 0.3) is 0 Å². The van der Waals surface area contributed by atoms with Crippen molar-refractivity contribution in [2.24, 2.45) is 5.73 Å². The summed E-state index contributed by atoms with van der Waals surface area (Å²) in [6.07, 6.45) is 6.01. The molecule has 1 saturated heterocycles. The average molecular weight is 249 g/mol. The number of anilines is 1. The van der Waals surface area contributed by atoms with Crippen LogP contribution in [0.3, 0.4) is 0 Å². The van der Waals surface area contributed by atoms with Crippen molar-refractivity contribution in [2.75, 3.05) is 31.6 Å². The van der Waals surface area contributed by atoms with Gasteiger partial charge in [0.2, 0.25) is 0 Å². The summed E-state index contributed by atoms with van der Waals surface area (Å²) in [7, 11) is 2.08. The molecule has 1 atom stereocenters. The second-order valence-corrected chi connectivity index (χ2v) is 4.84. The smallest absolute Gasteiger partial charge is 0.151 e. The molecule has 1 fully saturated rings. The third-order valence-electron chi connectivity index (χ3n) is 3.70. The van der Waals surface area contributed by atoms with Gasteiger partial charge in [0.15, 0.2) is 5.82 Å². The van der Waals surface area contributed by atoms with Gasteiger partial charge in [-0.2, -0.15) is 0 Å². The first-order valence-corrected chi connectivity index (χ1v) is 6.71. The van der Waals surface area contributed by atoms with Crippen LogP contribution in [0.5, 0.6) is 0 Å². The summed E-state index contributed by atoms with van der Waals surface area (Å²) < 4.78 is 0. The van der Waals surface area contributed by atoms with Gasteiger partial charge in [0, 0.05) is 38.6 Å². The highest BCUT2D eigenvalue weighted by molar-refractivity contribution is 5.42. The Morgan fingerprint density at radius 1 is 1.44 bits per heavy atom. The lowest BCUT2D eigenvalue weighted by Gasteiger charge is -2.28. The number of rotatable bonds is 5. The van der Waals surface area contributed by atoms with Crippen molar-refractivity contribution in [3.05, 3.63) is 18.1 Å². The maximum Gasteiger partial charge on any atom is 0.151 e. The highest BCUT2D eigenvalue weighted by Crippen LogP contribution is 2.20. The fraction of sp³-hybridized carbons (Fsp3) is 0.692. The normalized spacial score (nSPS) is 20.3. The lowest BCUT2D eigenvalue weighted by Crippen LogP contribution is -2.39. The molecule has 1 aliphatic heterocycles. The van der Waals surface area contributed by atoms with E-state index in [-0.39, 0.29) is 0 Å². The predicted octanol–water partition coefficient (Wildman–Crippen LogP) is 0.856. The summed E-state index contributed by atoms with van der Waals surface area (Å²) in [4.78, 5) is 13.4.